The van der Waals surface area contributed by atoms with Crippen LogP contribution in [0.5, 0.6) is 11.5 Å². The quantitative estimate of drug-likeness (QED) is 0.837. The highest BCUT2D eigenvalue weighted by Gasteiger charge is 2.10. The number of benzene rings is 1. The van der Waals surface area contributed by atoms with E-state index in [-0.39, 0.29) is 11.9 Å². The molecule has 0 saturated heterocycles. The molecule has 19 heavy (non-hydrogen) atoms. The van der Waals surface area contributed by atoms with Gasteiger partial charge in [-0.1, -0.05) is 11.6 Å². The van der Waals surface area contributed by atoms with E-state index in [1.54, 1.807) is 12.1 Å². The van der Waals surface area contributed by atoms with Crippen LogP contribution in [-0.4, -0.2) is 43.4 Å². The summed E-state index contributed by atoms with van der Waals surface area (Å²) in [6, 6.07) is 3.54. The standard InChI is InChI=1S/C14H22ClNO3/c1-10(2)19-6-5-16(3)9-11-7-12(15)14(17)13(8-11)18-4/h7-8,10,17H,5-6,9H2,1-4H3. The van der Waals surface area contributed by atoms with Crippen molar-refractivity contribution in [2.24, 2.45) is 0 Å². The Morgan fingerprint density at radius 3 is 2.63 bits per heavy atom. The molecule has 4 nitrogen and oxygen atoms in total. The Bertz CT molecular complexity index is 410. The number of likely N-dealkylation sites (N-methyl/N-ethyl adjacent to an activating group) is 1. The number of hydrogen-bond donors (Lipinski definition) is 1. The van der Waals surface area contributed by atoms with Gasteiger partial charge in [0.15, 0.2) is 11.5 Å². The maximum atomic E-state index is 9.67. The van der Waals surface area contributed by atoms with Crippen molar-refractivity contribution in [2.45, 2.75) is 26.5 Å². The molecule has 0 amide bonds. The molecule has 0 atom stereocenters. The van der Waals surface area contributed by atoms with Crippen LogP contribution in [0.15, 0.2) is 12.1 Å². The number of methoxy groups -OCH3 is 1. The van der Waals surface area contributed by atoms with Crippen LogP contribution >= 0.6 is 11.6 Å². The van der Waals surface area contributed by atoms with Gasteiger partial charge in [0.1, 0.15) is 0 Å². The lowest BCUT2D eigenvalue weighted by atomic mass is 10.2. The van der Waals surface area contributed by atoms with Crippen molar-refractivity contribution in [1.82, 2.24) is 4.90 Å². The van der Waals surface area contributed by atoms with Gasteiger partial charge in [0.25, 0.3) is 0 Å². The van der Waals surface area contributed by atoms with Crippen LogP contribution in [0.3, 0.4) is 0 Å². The van der Waals surface area contributed by atoms with Crippen molar-refractivity contribution >= 4 is 11.6 Å². The summed E-state index contributed by atoms with van der Waals surface area (Å²) in [4.78, 5) is 2.13. The molecule has 0 unspecified atom stereocenters. The van der Waals surface area contributed by atoms with Gasteiger partial charge in [-0.3, -0.25) is 4.90 Å². The molecule has 1 rings (SSSR count). The fourth-order valence-electron chi connectivity index (χ4n) is 1.71. The van der Waals surface area contributed by atoms with Gasteiger partial charge in [-0.25, -0.2) is 0 Å². The van der Waals surface area contributed by atoms with E-state index < -0.39 is 0 Å². The van der Waals surface area contributed by atoms with E-state index in [1.807, 2.05) is 20.9 Å². The zero-order chi connectivity index (χ0) is 14.4. The van der Waals surface area contributed by atoms with Gasteiger partial charge in [-0.2, -0.15) is 0 Å². The Morgan fingerprint density at radius 1 is 1.37 bits per heavy atom. The molecule has 0 aliphatic carbocycles. The first-order valence-corrected chi connectivity index (χ1v) is 6.67. The third-order valence-electron chi connectivity index (χ3n) is 2.68. The molecule has 5 heteroatoms. The maximum Gasteiger partial charge on any atom is 0.176 e. The molecule has 0 heterocycles. The van der Waals surface area contributed by atoms with E-state index in [4.69, 9.17) is 21.1 Å². The molecule has 1 aromatic rings. The molecule has 0 aliphatic rings. The molecular formula is C14H22ClNO3. The number of aromatic hydroxyl groups is 1. The molecule has 0 radical (unpaired) electrons. The Hall–Kier alpha value is -0.970. The molecule has 0 aromatic heterocycles. The summed E-state index contributed by atoms with van der Waals surface area (Å²) in [6.07, 6.45) is 0.247. The van der Waals surface area contributed by atoms with Crippen molar-refractivity contribution in [1.29, 1.82) is 0 Å². The van der Waals surface area contributed by atoms with E-state index >= 15 is 0 Å². The second-order valence-electron chi connectivity index (χ2n) is 4.79. The smallest absolute Gasteiger partial charge is 0.176 e. The molecule has 1 aromatic carbocycles. The van der Waals surface area contributed by atoms with Gasteiger partial charge >= 0.3 is 0 Å². The Labute approximate surface area is 119 Å². The van der Waals surface area contributed by atoms with Gasteiger partial charge in [0.05, 0.1) is 24.8 Å². The number of ether oxygens (including phenoxy) is 2. The van der Waals surface area contributed by atoms with E-state index in [2.05, 4.69) is 4.90 Å². The van der Waals surface area contributed by atoms with Crippen LogP contribution in [0.2, 0.25) is 5.02 Å². The van der Waals surface area contributed by atoms with E-state index in [9.17, 15) is 5.11 Å². The van der Waals surface area contributed by atoms with Gasteiger partial charge in [0, 0.05) is 13.1 Å². The number of halogens is 1. The zero-order valence-electron chi connectivity index (χ0n) is 11.9. The summed E-state index contributed by atoms with van der Waals surface area (Å²) in [5.74, 6) is 0.382. The second-order valence-corrected chi connectivity index (χ2v) is 5.19. The lowest BCUT2D eigenvalue weighted by Gasteiger charge is -2.18. The molecule has 108 valence electrons. The van der Waals surface area contributed by atoms with Crippen molar-refractivity contribution in [3.63, 3.8) is 0 Å². The van der Waals surface area contributed by atoms with Crippen molar-refractivity contribution in [2.75, 3.05) is 27.3 Å². The number of hydrogen-bond acceptors (Lipinski definition) is 4. The summed E-state index contributed by atoms with van der Waals surface area (Å²) in [5.41, 5.74) is 0.992. The predicted molar refractivity (Wildman–Crippen MR) is 77.1 cm³/mol. The summed E-state index contributed by atoms with van der Waals surface area (Å²) >= 11 is 5.95. The zero-order valence-corrected chi connectivity index (χ0v) is 12.7. The van der Waals surface area contributed by atoms with Crippen LogP contribution in [-0.2, 0) is 11.3 Å². The average molecular weight is 288 g/mol. The van der Waals surface area contributed by atoms with Crippen LogP contribution in [0.1, 0.15) is 19.4 Å². The largest absolute Gasteiger partial charge is 0.503 e. The third kappa shape index (κ3) is 5.27. The topological polar surface area (TPSA) is 41.9 Å². The van der Waals surface area contributed by atoms with Crippen molar-refractivity contribution in [3.05, 3.63) is 22.7 Å². The highest BCUT2D eigenvalue weighted by molar-refractivity contribution is 6.32. The first-order chi connectivity index (χ1) is 8.93. The summed E-state index contributed by atoms with van der Waals surface area (Å²) in [5, 5.41) is 9.97. The minimum Gasteiger partial charge on any atom is -0.503 e. The van der Waals surface area contributed by atoms with E-state index in [1.165, 1.54) is 7.11 Å². The Balaban J connectivity index is 2.59. The predicted octanol–water partition coefficient (Wildman–Crippen LogP) is 2.91. The summed E-state index contributed by atoms with van der Waals surface area (Å²) < 4.78 is 10.6. The number of phenols is 1. The normalized spacial score (nSPS) is 11.3. The molecular weight excluding hydrogens is 266 g/mol. The van der Waals surface area contributed by atoms with Crippen LogP contribution in [0.25, 0.3) is 0 Å². The van der Waals surface area contributed by atoms with Crippen LogP contribution in [0.4, 0.5) is 0 Å². The lowest BCUT2D eigenvalue weighted by molar-refractivity contribution is 0.0627. The van der Waals surface area contributed by atoms with Gasteiger partial charge in [0.2, 0.25) is 0 Å². The number of nitrogens with zero attached hydrogens (tertiary/aromatic N) is 1. The molecule has 0 spiro atoms. The highest BCUT2D eigenvalue weighted by atomic mass is 35.5. The molecule has 0 bridgehead atoms. The van der Waals surface area contributed by atoms with Gasteiger partial charge < -0.3 is 14.6 Å². The SMILES string of the molecule is COc1cc(CN(C)CCOC(C)C)cc(Cl)c1O. The van der Waals surface area contributed by atoms with Crippen LogP contribution in [0, 0.1) is 0 Å². The number of phenolic OH excluding ortho intramolecular Hbond substituents is 1. The van der Waals surface area contributed by atoms with Crippen molar-refractivity contribution in [3.8, 4) is 11.5 Å². The number of rotatable bonds is 7. The summed E-state index contributed by atoms with van der Waals surface area (Å²) in [7, 11) is 3.52. The fourth-order valence-corrected chi connectivity index (χ4v) is 1.94. The van der Waals surface area contributed by atoms with Gasteiger partial charge in [-0.15, -0.1) is 0 Å². The minimum absolute atomic E-state index is 0.0151. The van der Waals surface area contributed by atoms with Crippen molar-refractivity contribution < 1.29 is 14.6 Å². The Morgan fingerprint density at radius 2 is 2.05 bits per heavy atom. The second kappa shape index (κ2) is 7.58. The first-order valence-electron chi connectivity index (χ1n) is 6.29. The average Bonchev–Trinajstić information content (AvgIpc) is 2.33. The van der Waals surface area contributed by atoms with E-state index in [0.717, 1.165) is 18.7 Å². The molecule has 0 fully saturated rings. The maximum absolute atomic E-state index is 9.67. The minimum atomic E-state index is -0.0151. The first kappa shape index (κ1) is 16.1. The third-order valence-corrected chi connectivity index (χ3v) is 2.97. The van der Waals surface area contributed by atoms with Gasteiger partial charge in [-0.05, 0) is 38.6 Å². The monoisotopic (exact) mass is 287 g/mol. The molecule has 1 N–H and O–H groups in total. The summed E-state index contributed by atoms with van der Waals surface area (Å²) in [6.45, 7) is 6.28. The molecule has 0 saturated carbocycles. The Kier molecular flexibility index (Phi) is 6.42. The lowest BCUT2D eigenvalue weighted by Crippen LogP contribution is -2.24. The molecule has 0 aliphatic heterocycles. The van der Waals surface area contributed by atoms with Crippen LogP contribution < -0.4 is 4.74 Å². The highest BCUT2D eigenvalue weighted by Crippen LogP contribution is 2.35. The van der Waals surface area contributed by atoms with E-state index in [0.29, 0.717) is 17.4 Å². The fraction of sp³-hybridized carbons (Fsp3) is 0.571.